The number of hydrogen-bond acceptors (Lipinski definition) is 6. The lowest BCUT2D eigenvalue weighted by molar-refractivity contribution is -0.118. The number of thiophene rings is 1. The predicted octanol–water partition coefficient (Wildman–Crippen LogP) is 4.74. The molecule has 0 saturated heterocycles. The van der Waals surface area contributed by atoms with Crippen LogP contribution in [0.5, 0.6) is 5.75 Å². The van der Waals surface area contributed by atoms with E-state index in [9.17, 15) is 14.4 Å². The molecule has 0 bridgehead atoms. The van der Waals surface area contributed by atoms with Crippen LogP contribution in [0.2, 0.25) is 0 Å². The molecule has 0 aliphatic heterocycles. The van der Waals surface area contributed by atoms with Gasteiger partial charge in [-0.15, -0.1) is 11.3 Å². The summed E-state index contributed by atoms with van der Waals surface area (Å²) in [6, 6.07) is 7.04. The number of esters is 1. The minimum Gasteiger partial charge on any atom is -0.484 e. The molecule has 2 aliphatic rings. The second kappa shape index (κ2) is 11.0. The van der Waals surface area contributed by atoms with E-state index >= 15 is 0 Å². The molecule has 2 N–H and O–H groups in total. The van der Waals surface area contributed by atoms with Crippen molar-refractivity contribution in [2.45, 2.75) is 64.3 Å². The van der Waals surface area contributed by atoms with Crippen molar-refractivity contribution in [2.75, 3.05) is 19.0 Å². The topological polar surface area (TPSA) is 93.7 Å². The molecular weight excluding hydrogens is 452 g/mol. The first-order chi connectivity index (χ1) is 16.4. The summed E-state index contributed by atoms with van der Waals surface area (Å²) in [6.07, 6.45) is 8.35. The van der Waals surface area contributed by atoms with Gasteiger partial charge in [0, 0.05) is 16.5 Å². The highest BCUT2D eigenvalue weighted by Gasteiger charge is 2.29. The third kappa shape index (κ3) is 5.78. The van der Waals surface area contributed by atoms with Crippen LogP contribution in [0.25, 0.3) is 0 Å². The smallest absolute Gasteiger partial charge is 0.341 e. The van der Waals surface area contributed by atoms with Crippen molar-refractivity contribution >= 4 is 34.1 Å². The number of methoxy groups -OCH3 is 1. The number of benzene rings is 1. The molecular formula is C26H32N2O5S. The maximum absolute atomic E-state index is 12.6. The van der Waals surface area contributed by atoms with Crippen LogP contribution in [-0.2, 0) is 22.4 Å². The molecule has 2 aliphatic carbocycles. The second-order valence-electron chi connectivity index (χ2n) is 9.22. The highest BCUT2D eigenvalue weighted by Crippen LogP contribution is 2.40. The fourth-order valence-corrected chi connectivity index (χ4v) is 6.10. The number of carbonyl (C=O) groups is 3. The van der Waals surface area contributed by atoms with Gasteiger partial charge in [0.05, 0.1) is 12.7 Å². The molecule has 1 aromatic heterocycles. The van der Waals surface area contributed by atoms with Crippen LogP contribution in [0.1, 0.15) is 76.6 Å². The molecule has 0 radical (unpaired) electrons. The van der Waals surface area contributed by atoms with E-state index in [1.54, 1.807) is 24.3 Å². The average molecular weight is 485 g/mol. The van der Waals surface area contributed by atoms with Gasteiger partial charge in [-0.05, 0) is 67.9 Å². The molecule has 34 heavy (non-hydrogen) atoms. The van der Waals surface area contributed by atoms with E-state index in [4.69, 9.17) is 9.47 Å². The first-order valence-corrected chi connectivity index (χ1v) is 12.8. The van der Waals surface area contributed by atoms with Crippen molar-refractivity contribution in [2.24, 2.45) is 5.92 Å². The van der Waals surface area contributed by atoms with Gasteiger partial charge < -0.3 is 20.1 Å². The van der Waals surface area contributed by atoms with Gasteiger partial charge in [-0.3, -0.25) is 9.59 Å². The number of anilines is 1. The SMILES string of the molecule is COC(=O)c1c(NC(=O)COc2ccc(C(=O)NC3CCCCC3)cc2)sc2c1CC[C@H](C)C2. The van der Waals surface area contributed by atoms with Gasteiger partial charge in [0.2, 0.25) is 0 Å². The van der Waals surface area contributed by atoms with Gasteiger partial charge in [-0.25, -0.2) is 4.79 Å². The molecule has 1 atom stereocenters. The molecule has 1 saturated carbocycles. The number of rotatable bonds is 7. The van der Waals surface area contributed by atoms with Crippen molar-refractivity contribution in [1.82, 2.24) is 5.32 Å². The number of fused-ring (bicyclic) bond motifs is 1. The fourth-order valence-electron chi connectivity index (χ4n) is 4.69. The molecule has 182 valence electrons. The Morgan fingerprint density at radius 2 is 1.79 bits per heavy atom. The third-order valence-corrected chi connectivity index (χ3v) is 7.75. The Balaban J connectivity index is 1.33. The summed E-state index contributed by atoms with van der Waals surface area (Å²) in [5.74, 6) is 0.192. The number of nitrogens with one attached hydrogen (secondary N) is 2. The van der Waals surface area contributed by atoms with E-state index < -0.39 is 5.97 Å². The molecule has 7 nitrogen and oxygen atoms in total. The Morgan fingerprint density at radius 1 is 1.06 bits per heavy atom. The summed E-state index contributed by atoms with van der Waals surface area (Å²) in [7, 11) is 1.35. The van der Waals surface area contributed by atoms with Crippen molar-refractivity contribution in [3.63, 3.8) is 0 Å². The predicted molar refractivity (Wildman–Crippen MR) is 132 cm³/mol. The molecule has 1 aromatic carbocycles. The van der Waals surface area contributed by atoms with Crippen molar-refractivity contribution in [3.05, 3.63) is 45.8 Å². The van der Waals surface area contributed by atoms with E-state index in [0.717, 1.165) is 55.4 Å². The van der Waals surface area contributed by atoms with E-state index in [2.05, 4.69) is 17.6 Å². The molecule has 2 amide bonds. The maximum Gasteiger partial charge on any atom is 0.341 e. The van der Waals surface area contributed by atoms with Gasteiger partial charge in [0.15, 0.2) is 6.61 Å². The molecule has 2 aromatic rings. The van der Waals surface area contributed by atoms with E-state index in [0.29, 0.717) is 27.8 Å². The molecule has 0 spiro atoms. The summed E-state index contributed by atoms with van der Waals surface area (Å²) in [5, 5.41) is 6.45. The lowest BCUT2D eigenvalue weighted by atomic mass is 9.88. The van der Waals surface area contributed by atoms with E-state index in [1.165, 1.54) is 24.9 Å². The van der Waals surface area contributed by atoms with Crippen LogP contribution in [0.3, 0.4) is 0 Å². The van der Waals surface area contributed by atoms with Crippen LogP contribution in [0, 0.1) is 5.92 Å². The molecule has 8 heteroatoms. The maximum atomic E-state index is 12.6. The van der Waals surface area contributed by atoms with Crippen molar-refractivity contribution in [3.8, 4) is 5.75 Å². The second-order valence-corrected chi connectivity index (χ2v) is 10.3. The molecule has 1 heterocycles. The number of ether oxygens (including phenoxy) is 2. The minimum atomic E-state index is -0.426. The van der Waals surface area contributed by atoms with Gasteiger partial charge in [-0.1, -0.05) is 26.2 Å². The summed E-state index contributed by atoms with van der Waals surface area (Å²) in [6.45, 7) is 1.99. The van der Waals surface area contributed by atoms with Gasteiger partial charge in [0.1, 0.15) is 10.8 Å². The van der Waals surface area contributed by atoms with Crippen LogP contribution >= 0.6 is 11.3 Å². The Bertz CT molecular complexity index is 1040. The average Bonchev–Trinajstić information content (AvgIpc) is 3.19. The largest absolute Gasteiger partial charge is 0.484 e. The number of amides is 2. The molecule has 4 rings (SSSR count). The fraction of sp³-hybridized carbons (Fsp3) is 0.500. The minimum absolute atomic E-state index is 0.0810. The monoisotopic (exact) mass is 484 g/mol. The summed E-state index contributed by atoms with van der Waals surface area (Å²) in [5.41, 5.74) is 2.04. The van der Waals surface area contributed by atoms with Crippen LogP contribution in [0.4, 0.5) is 5.00 Å². The van der Waals surface area contributed by atoms with Crippen LogP contribution in [0.15, 0.2) is 24.3 Å². The first-order valence-electron chi connectivity index (χ1n) is 12.0. The van der Waals surface area contributed by atoms with Gasteiger partial charge in [-0.2, -0.15) is 0 Å². The third-order valence-electron chi connectivity index (χ3n) is 6.58. The standard InChI is InChI=1S/C26H32N2O5S/c1-16-8-13-20-21(14-16)34-25(23(20)26(31)32-2)28-22(29)15-33-19-11-9-17(10-12-19)24(30)27-18-6-4-3-5-7-18/h9-12,16,18H,3-8,13-15H2,1-2H3,(H,27,30)(H,28,29)/t16-/m0/s1. The summed E-state index contributed by atoms with van der Waals surface area (Å²) in [4.78, 5) is 38.6. The summed E-state index contributed by atoms with van der Waals surface area (Å²) >= 11 is 1.45. The van der Waals surface area contributed by atoms with E-state index in [1.807, 2.05) is 0 Å². The lowest BCUT2D eigenvalue weighted by Gasteiger charge is -2.22. The summed E-state index contributed by atoms with van der Waals surface area (Å²) < 4.78 is 10.6. The normalized spacial score (nSPS) is 18.0. The highest BCUT2D eigenvalue weighted by atomic mass is 32.1. The van der Waals surface area contributed by atoms with Crippen molar-refractivity contribution in [1.29, 1.82) is 0 Å². The Kier molecular flexibility index (Phi) is 7.88. The quantitative estimate of drug-likeness (QED) is 0.554. The Labute approximate surface area is 204 Å². The zero-order valence-electron chi connectivity index (χ0n) is 19.8. The first kappa shape index (κ1) is 24.3. The molecule has 0 unspecified atom stereocenters. The van der Waals surface area contributed by atoms with Gasteiger partial charge >= 0.3 is 5.97 Å². The van der Waals surface area contributed by atoms with Crippen LogP contribution in [-0.4, -0.2) is 37.5 Å². The van der Waals surface area contributed by atoms with E-state index in [-0.39, 0.29) is 24.5 Å². The Morgan fingerprint density at radius 3 is 2.50 bits per heavy atom. The zero-order valence-corrected chi connectivity index (χ0v) is 20.6. The lowest BCUT2D eigenvalue weighted by Crippen LogP contribution is -2.36. The van der Waals surface area contributed by atoms with Crippen molar-refractivity contribution < 1.29 is 23.9 Å². The Hall–Kier alpha value is -2.87. The number of carbonyl (C=O) groups excluding carboxylic acids is 3. The highest BCUT2D eigenvalue weighted by molar-refractivity contribution is 7.17. The zero-order chi connectivity index (χ0) is 24.1. The van der Waals surface area contributed by atoms with Crippen LogP contribution < -0.4 is 15.4 Å². The number of hydrogen-bond donors (Lipinski definition) is 2. The van der Waals surface area contributed by atoms with Gasteiger partial charge in [0.25, 0.3) is 11.8 Å². The molecule has 1 fully saturated rings.